The molecule has 0 amide bonds. The number of aliphatic imine (C=N–C) groups is 1. The van der Waals surface area contributed by atoms with Crippen molar-refractivity contribution in [2.75, 3.05) is 26.2 Å². The van der Waals surface area contributed by atoms with E-state index < -0.39 is 0 Å². The second kappa shape index (κ2) is 5.75. The van der Waals surface area contributed by atoms with Crippen LogP contribution in [0.2, 0.25) is 5.02 Å². The van der Waals surface area contributed by atoms with Gasteiger partial charge in [0.25, 0.3) is 0 Å². The molecule has 0 saturated carbocycles. The smallest absolute Gasteiger partial charge is 0.136 e. The first-order valence-electron chi connectivity index (χ1n) is 7.72. The standard InChI is InChI=1S/C18H18ClN3/c19-15-6-5-14-11-13-3-1-2-4-16(13)18(21-17(14)12-15)22-9-7-20-8-10-22/h1-6,12,20H,7-11H2. The molecular weight excluding hydrogens is 294 g/mol. The average Bonchev–Trinajstić information content (AvgIpc) is 2.72. The minimum absolute atomic E-state index is 0.744. The van der Waals surface area contributed by atoms with Gasteiger partial charge in [-0.3, -0.25) is 0 Å². The summed E-state index contributed by atoms with van der Waals surface area (Å²) >= 11 is 6.18. The summed E-state index contributed by atoms with van der Waals surface area (Å²) in [5.41, 5.74) is 4.82. The highest BCUT2D eigenvalue weighted by Gasteiger charge is 2.22. The molecule has 0 aromatic heterocycles. The van der Waals surface area contributed by atoms with E-state index >= 15 is 0 Å². The van der Waals surface area contributed by atoms with Gasteiger partial charge in [0, 0.05) is 43.2 Å². The van der Waals surface area contributed by atoms with Crippen molar-refractivity contribution in [2.45, 2.75) is 6.42 Å². The molecule has 0 aliphatic carbocycles. The van der Waals surface area contributed by atoms with Gasteiger partial charge in [-0.15, -0.1) is 0 Å². The van der Waals surface area contributed by atoms with Crippen LogP contribution in [-0.4, -0.2) is 36.9 Å². The van der Waals surface area contributed by atoms with Crippen LogP contribution in [0.25, 0.3) is 0 Å². The summed E-state index contributed by atoms with van der Waals surface area (Å²) in [6.07, 6.45) is 0.905. The van der Waals surface area contributed by atoms with Crippen LogP contribution in [0.4, 0.5) is 5.69 Å². The number of hydrogen-bond acceptors (Lipinski definition) is 3. The number of nitrogens with one attached hydrogen (secondary N) is 1. The number of hydrogen-bond donors (Lipinski definition) is 1. The van der Waals surface area contributed by atoms with Crippen LogP contribution in [0.3, 0.4) is 0 Å². The monoisotopic (exact) mass is 311 g/mol. The molecule has 2 aromatic rings. The van der Waals surface area contributed by atoms with E-state index in [1.807, 2.05) is 12.1 Å². The molecule has 3 nitrogen and oxygen atoms in total. The fraction of sp³-hybridized carbons (Fsp3) is 0.278. The Bertz CT molecular complexity index is 733. The van der Waals surface area contributed by atoms with Crippen LogP contribution >= 0.6 is 11.6 Å². The van der Waals surface area contributed by atoms with E-state index in [0.29, 0.717) is 0 Å². The Morgan fingerprint density at radius 3 is 2.68 bits per heavy atom. The first-order chi connectivity index (χ1) is 10.8. The van der Waals surface area contributed by atoms with Crippen LogP contribution in [0.1, 0.15) is 16.7 Å². The summed E-state index contributed by atoms with van der Waals surface area (Å²) in [6.45, 7) is 3.99. The van der Waals surface area contributed by atoms with Gasteiger partial charge in [-0.25, -0.2) is 4.99 Å². The minimum atomic E-state index is 0.744. The number of nitrogens with zero attached hydrogens (tertiary/aromatic N) is 2. The Labute approximate surface area is 135 Å². The summed E-state index contributed by atoms with van der Waals surface area (Å²) < 4.78 is 0. The van der Waals surface area contributed by atoms with Gasteiger partial charge in [0.15, 0.2) is 0 Å². The van der Waals surface area contributed by atoms with Crippen molar-refractivity contribution >= 4 is 23.1 Å². The van der Waals surface area contributed by atoms with E-state index in [1.165, 1.54) is 16.7 Å². The molecule has 4 rings (SSSR count). The molecule has 112 valence electrons. The zero-order valence-electron chi connectivity index (χ0n) is 12.3. The summed E-state index contributed by atoms with van der Waals surface area (Å²) in [5.74, 6) is 1.08. The summed E-state index contributed by atoms with van der Waals surface area (Å²) in [4.78, 5) is 7.38. The lowest BCUT2D eigenvalue weighted by atomic mass is 9.99. The van der Waals surface area contributed by atoms with Gasteiger partial charge in [-0.2, -0.15) is 0 Å². The third-order valence-electron chi connectivity index (χ3n) is 4.33. The van der Waals surface area contributed by atoms with Crippen molar-refractivity contribution in [3.05, 3.63) is 64.2 Å². The summed E-state index contributed by atoms with van der Waals surface area (Å²) in [7, 11) is 0. The SMILES string of the molecule is Clc1ccc2c(c1)N=C(N1CCNCC1)c1ccccc1C2. The van der Waals surface area contributed by atoms with E-state index in [1.54, 1.807) is 0 Å². The number of amidine groups is 1. The fourth-order valence-electron chi connectivity index (χ4n) is 3.18. The second-order valence-electron chi connectivity index (χ2n) is 5.78. The van der Waals surface area contributed by atoms with Gasteiger partial charge in [0.05, 0.1) is 5.69 Å². The summed E-state index contributed by atoms with van der Waals surface area (Å²) in [5, 5.41) is 4.15. The first-order valence-corrected chi connectivity index (χ1v) is 8.10. The van der Waals surface area contributed by atoms with Crippen molar-refractivity contribution in [3.63, 3.8) is 0 Å². The van der Waals surface area contributed by atoms with Crippen LogP contribution in [0.5, 0.6) is 0 Å². The number of halogens is 1. The fourth-order valence-corrected chi connectivity index (χ4v) is 3.35. The number of rotatable bonds is 0. The summed E-state index contributed by atoms with van der Waals surface area (Å²) in [6, 6.07) is 14.6. The number of benzene rings is 2. The van der Waals surface area contributed by atoms with E-state index in [4.69, 9.17) is 16.6 Å². The zero-order valence-corrected chi connectivity index (χ0v) is 13.1. The van der Waals surface area contributed by atoms with E-state index in [-0.39, 0.29) is 0 Å². The lowest BCUT2D eigenvalue weighted by Crippen LogP contribution is -2.46. The first kappa shape index (κ1) is 13.8. The third kappa shape index (κ3) is 2.51. The Morgan fingerprint density at radius 1 is 1.00 bits per heavy atom. The quantitative estimate of drug-likeness (QED) is 0.809. The van der Waals surface area contributed by atoms with Crippen LogP contribution in [0, 0.1) is 0 Å². The Kier molecular flexibility index (Phi) is 3.60. The highest BCUT2D eigenvalue weighted by Crippen LogP contribution is 2.31. The van der Waals surface area contributed by atoms with E-state index in [0.717, 1.165) is 49.1 Å². The normalized spacial score (nSPS) is 17.3. The average molecular weight is 312 g/mol. The molecular formula is C18H18ClN3. The van der Waals surface area contributed by atoms with E-state index in [2.05, 4.69) is 40.5 Å². The van der Waals surface area contributed by atoms with Gasteiger partial charge < -0.3 is 10.2 Å². The van der Waals surface area contributed by atoms with Crippen molar-refractivity contribution in [1.82, 2.24) is 10.2 Å². The molecule has 0 radical (unpaired) electrons. The molecule has 1 fully saturated rings. The van der Waals surface area contributed by atoms with Crippen LogP contribution < -0.4 is 5.32 Å². The predicted octanol–water partition coefficient (Wildman–Crippen LogP) is 3.23. The second-order valence-corrected chi connectivity index (χ2v) is 6.22. The maximum absolute atomic E-state index is 6.18. The van der Waals surface area contributed by atoms with Crippen LogP contribution in [0.15, 0.2) is 47.5 Å². The molecule has 22 heavy (non-hydrogen) atoms. The molecule has 0 spiro atoms. The van der Waals surface area contributed by atoms with Gasteiger partial charge in [0.1, 0.15) is 5.84 Å². The molecule has 1 saturated heterocycles. The molecule has 1 N–H and O–H groups in total. The molecule has 2 aliphatic heterocycles. The van der Waals surface area contributed by atoms with Gasteiger partial charge in [-0.05, 0) is 23.3 Å². The Hall–Kier alpha value is -1.84. The Morgan fingerprint density at radius 2 is 1.82 bits per heavy atom. The maximum atomic E-state index is 6.18. The minimum Gasteiger partial charge on any atom is -0.354 e. The van der Waals surface area contributed by atoms with Gasteiger partial charge in [0.2, 0.25) is 0 Å². The van der Waals surface area contributed by atoms with Crippen molar-refractivity contribution in [1.29, 1.82) is 0 Å². The topological polar surface area (TPSA) is 27.6 Å². The molecule has 0 atom stereocenters. The molecule has 2 aromatic carbocycles. The zero-order chi connectivity index (χ0) is 14.9. The lowest BCUT2D eigenvalue weighted by Gasteiger charge is -2.30. The lowest BCUT2D eigenvalue weighted by molar-refractivity contribution is 0.358. The molecule has 0 bridgehead atoms. The van der Waals surface area contributed by atoms with Crippen LogP contribution in [-0.2, 0) is 6.42 Å². The van der Waals surface area contributed by atoms with Crippen molar-refractivity contribution in [3.8, 4) is 0 Å². The highest BCUT2D eigenvalue weighted by molar-refractivity contribution is 6.30. The molecule has 0 unspecified atom stereocenters. The number of fused-ring (bicyclic) bond motifs is 2. The highest BCUT2D eigenvalue weighted by atomic mass is 35.5. The molecule has 2 heterocycles. The van der Waals surface area contributed by atoms with Gasteiger partial charge in [-0.1, -0.05) is 41.9 Å². The number of piperazine rings is 1. The van der Waals surface area contributed by atoms with Crippen molar-refractivity contribution in [2.24, 2.45) is 4.99 Å². The molecule has 4 heteroatoms. The van der Waals surface area contributed by atoms with E-state index in [9.17, 15) is 0 Å². The predicted molar refractivity (Wildman–Crippen MR) is 91.3 cm³/mol. The molecule has 2 aliphatic rings. The largest absolute Gasteiger partial charge is 0.354 e. The van der Waals surface area contributed by atoms with Gasteiger partial charge >= 0.3 is 0 Å². The third-order valence-corrected chi connectivity index (χ3v) is 4.56. The maximum Gasteiger partial charge on any atom is 0.136 e. The Balaban J connectivity index is 1.88. The van der Waals surface area contributed by atoms with Crippen molar-refractivity contribution < 1.29 is 0 Å².